The maximum atomic E-state index is 12.1. The van der Waals surface area contributed by atoms with Crippen LogP contribution >= 0.6 is 11.6 Å². The van der Waals surface area contributed by atoms with E-state index in [2.05, 4.69) is 25.8 Å². The van der Waals surface area contributed by atoms with Crippen LogP contribution in [0.15, 0.2) is 22.9 Å². The van der Waals surface area contributed by atoms with Crippen molar-refractivity contribution >= 4 is 29.5 Å². The van der Waals surface area contributed by atoms with Crippen LogP contribution in [0.4, 0.5) is 4.79 Å². The van der Waals surface area contributed by atoms with Gasteiger partial charge < -0.3 is 31.1 Å². The summed E-state index contributed by atoms with van der Waals surface area (Å²) in [6.07, 6.45) is -0.325. The van der Waals surface area contributed by atoms with E-state index in [4.69, 9.17) is 27.0 Å². The highest BCUT2D eigenvalue weighted by Gasteiger charge is 2.28. The van der Waals surface area contributed by atoms with E-state index in [0.29, 0.717) is 10.7 Å². The normalized spacial score (nSPS) is 14.0. The zero-order chi connectivity index (χ0) is 20.8. The smallest absolute Gasteiger partial charge is 0.328 e. The van der Waals surface area contributed by atoms with Crippen LogP contribution in [0.2, 0.25) is 5.02 Å². The van der Waals surface area contributed by atoms with Gasteiger partial charge in [-0.25, -0.2) is 9.59 Å². The number of carbonyl (C=O) groups is 3. The van der Waals surface area contributed by atoms with Crippen molar-refractivity contribution in [3.63, 3.8) is 0 Å². The summed E-state index contributed by atoms with van der Waals surface area (Å²) in [5.74, 6) is -2.32. The molecule has 150 valence electrons. The third kappa shape index (κ3) is 5.62. The van der Waals surface area contributed by atoms with Crippen molar-refractivity contribution in [3.05, 3.63) is 29.2 Å². The minimum atomic E-state index is -1.57. The first-order valence-electron chi connectivity index (χ1n) is 7.89. The summed E-state index contributed by atoms with van der Waals surface area (Å²) in [7, 11) is 0. The van der Waals surface area contributed by atoms with Crippen molar-refractivity contribution in [2.75, 3.05) is 0 Å². The zero-order valence-corrected chi connectivity index (χ0v) is 15.3. The Hall–Kier alpha value is -3.25. The van der Waals surface area contributed by atoms with Gasteiger partial charge in [-0.15, -0.1) is 0 Å². The van der Waals surface area contributed by atoms with Crippen LogP contribution in [-0.4, -0.2) is 55.4 Å². The molecule has 0 fully saturated rings. The van der Waals surface area contributed by atoms with Gasteiger partial charge in [-0.05, 0) is 19.1 Å². The van der Waals surface area contributed by atoms with Gasteiger partial charge in [0.05, 0.1) is 12.5 Å². The van der Waals surface area contributed by atoms with Gasteiger partial charge in [-0.2, -0.15) is 4.98 Å². The molecule has 1 unspecified atom stereocenters. The van der Waals surface area contributed by atoms with Crippen molar-refractivity contribution in [2.24, 2.45) is 5.73 Å². The van der Waals surface area contributed by atoms with Crippen LogP contribution in [-0.2, 0) is 9.59 Å². The van der Waals surface area contributed by atoms with Crippen LogP contribution in [0.25, 0.3) is 11.5 Å². The largest absolute Gasteiger partial charge is 0.480 e. The third-order valence-electron chi connectivity index (χ3n) is 3.44. The number of halogens is 1. The Morgan fingerprint density at radius 2 is 2.07 bits per heavy atom. The average Bonchev–Trinajstić information content (AvgIpc) is 3.08. The van der Waals surface area contributed by atoms with E-state index in [1.165, 1.54) is 19.2 Å². The Labute approximate surface area is 163 Å². The summed E-state index contributed by atoms with van der Waals surface area (Å²) in [4.78, 5) is 42.6. The van der Waals surface area contributed by atoms with Crippen molar-refractivity contribution in [3.8, 4) is 11.5 Å². The number of hydrogen-bond acceptors (Lipinski definition) is 8. The third-order valence-corrected chi connectivity index (χ3v) is 3.67. The maximum Gasteiger partial charge on any atom is 0.328 e. The molecule has 3 atom stereocenters. The summed E-state index contributed by atoms with van der Waals surface area (Å²) in [6.45, 7) is 1.20. The monoisotopic (exact) mass is 412 g/mol. The second-order valence-electron chi connectivity index (χ2n) is 5.71. The van der Waals surface area contributed by atoms with Gasteiger partial charge in [0, 0.05) is 11.2 Å². The summed E-state index contributed by atoms with van der Waals surface area (Å²) >= 11 is 5.88. The number of aliphatic hydroxyl groups excluding tert-OH is 1. The SMILES string of the molecule is CC(O)[C@H](NC(=O)N[C@@H](CC(N)=O)c1nc(-c2cc(Cl)ccn2)no1)C(=O)O. The number of nitrogens with two attached hydrogens (primary N) is 1. The Morgan fingerprint density at radius 1 is 1.36 bits per heavy atom. The van der Waals surface area contributed by atoms with Crippen molar-refractivity contribution in [1.29, 1.82) is 0 Å². The first-order chi connectivity index (χ1) is 13.2. The molecule has 12 nitrogen and oxygen atoms in total. The second kappa shape index (κ2) is 9.10. The number of aliphatic carboxylic acids is 1. The van der Waals surface area contributed by atoms with Crippen molar-refractivity contribution in [2.45, 2.75) is 31.5 Å². The predicted molar refractivity (Wildman–Crippen MR) is 93.9 cm³/mol. The van der Waals surface area contributed by atoms with E-state index in [1.54, 1.807) is 6.07 Å². The van der Waals surface area contributed by atoms with Crippen LogP contribution in [0.5, 0.6) is 0 Å². The second-order valence-corrected chi connectivity index (χ2v) is 6.15. The van der Waals surface area contributed by atoms with Gasteiger partial charge in [0.25, 0.3) is 0 Å². The van der Waals surface area contributed by atoms with E-state index < -0.39 is 42.5 Å². The number of aliphatic hydroxyl groups is 1. The average molecular weight is 413 g/mol. The molecule has 6 N–H and O–H groups in total. The molecule has 0 saturated heterocycles. The molecule has 0 aliphatic heterocycles. The van der Waals surface area contributed by atoms with Gasteiger partial charge in [0.1, 0.15) is 11.7 Å². The minimum Gasteiger partial charge on any atom is -0.480 e. The fraction of sp³-hybridized carbons (Fsp3) is 0.333. The minimum absolute atomic E-state index is 0.0570. The number of urea groups is 1. The first-order valence-corrected chi connectivity index (χ1v) is 8.27. The topological polar surface area (TPSA) is 194 Å². The highest BCUT2D eigenvalue weighted by molar-refractivity contribution is 6.30. The summed E-state index contributed by atoms with van der Waals surface area (Å²) < 4.78 is 5.06. The van der Waals surface area contributed by atoms with E-state index >= 15 is 0 Å². The quantitative estimate of drug-likeness (QED) is 0.391. The lowest BCUT2D eigenvalue weighted by atomic mass is 10.2. The van der Waals surface area contributed by atoms with E-state index in [-0.39, 0.29) is 11.7 Å². The number of rotatable bonds is 8. The number of nitrogens with zero attached hydrogens (tertiary/aromatic N) is 3. The number of carboxylic acid groups (broad SMARTS) is 1. The van der Waals surface area contributed by atoms with E-state index in [0.717, 1.165) is 0 Å². The molecule has 0 radical (unpaired) electrons. The fourth-order valence-corrected chi connectivity index (χ4v) is 2.30. The molecule has 3 amide bonds. The molecule has 0 aliphatic rings. The molecule has 2 aromatic heterocycles. The van der Waals surface area contributed by atoms with Gasteiger partial charge >= 0.3 is 12.0 Å². The molecule has 13 heteroatoms. The van der Waals surface area contributed by atoms with E-state index in [1.807, 2.05) is 0 Å². The number of carboxylic acids is 1. The molecule has 0 saturated carbocycles. The van der Waals surface area contributed by atoms with Crippen LogP contribution in [0.3, 0.4) is 0 Å². The van der Waals surface area contributed by atoms with Gasteiger partial charge in [0.2, 0.25) is 17.6 Å². The number of primary amides is 1. The zero-order valence-electron chi connectivity index (χ0n) is 14.5. The van der Waals surface area contributed by atoms with Crippen molar-refractivity contribution < 1.29 is 29.1 Å². The van der Waals surface area contributed by atoms with Gasteiger partial charge in [-0.3, -0.25) is 9.78 Å². The maximum absolute atomic E-state index is 12.1. The summed E-state index contributed by atoms with van der Waals surface area (Å²) in [5, 5.41) is 26.9. The standard InChI is InChI=1S/C15H17ClN6O6/c1-6(23)11(14(25)26)20-15(27)19-9(5-10(17)24)13-21-12(22-28-13)8-4-7(16)2-3-18-8/h2-4,6,9,11,23H,5H2,1H3,(H2,17,24)(H,25,26)(H2,19,20,27)/t6?,9-,11-/m0/s1. The Bertz CT molecular complexity index is 872. The molecule has 2 rings (SSSR count). The number of amides is 3. The predicted octanol–water partition coefficient (Wildman–Crippen LogP) is -0.165. The molecule has 28 heavy (non-hydrogen) atoms. The number of pyridine rings is 1. The molecule has 2 aromatic rings. The fourth-order valence-electron chi connectivity index (χ4n) is 2.14. The van der Waals surface area contributed by atoms with Crippen LogP contribution in [0.1, 0.15) is 25.3 Å². The number of hydrogen-bond donors (Lipinski definition) is 5. The highest BCUT2D eigenvalue weighted by Crippen LogP contribution is 2.21. The Kier molecular flexibility index (Phi) is 6.84. The molecule has 0 bridgehead atoms. The van der Waals surface area contributed by atoms with Gasteiger partial charge in [0.15, 0.2) is 6.04 Å². The lowest BCUT2D eigenvalue weighted by Crippen LogP contribution is -2.52. The molecular weight excluding hydrogens is 396 g/mol. The van der Waals surface area contributed by atoms with Gasteiger partial charge in [-0.1, -0.05) is 16.8 Å². The number of nitrogens with one attached hydrogen (secondary N) is 2. The molecular formula is C15H17ClN6O6. The first kappa shape index (κ1) is 21.1. The molecule has 0 aromatic carbocycles. The number of aromatic nitrogens is 3. The summed E-state index contributed by atoms with van der Waals surface area (Å²) in [5.41, 5.74) is 5.47. The lowest BCUT2D eigenvalue weighted by Gasteiger charge is -2.19. The Morgan fingerprint density at radius 3 is 2.64 bits per heavy atom. The molecule has 0 spiro atoms. The summed E-state index contributed by atoms with van der Waals surface area (Å²) in [6, 6.07) is -0.654. The highest BCUT2D eigenvalue weighted by atomic mass is 35.5. The van der Waals surface area contributed by atoms with Crippen LogP contribution in [0, 0.1) is 0 Å². The van der Waals surface area contributed by atoms with Crippen LogP contribution < -0.4 is 16.4 Å². The molecule has 2 heterocycles. The van der Waals surface area contributed by atoms with E-state index in [9.17, 15) is 19.5 Å². The lowest BCUT2D eigenvalue weighted by molar-refractivity contribution is -0.141. The number of carbonyl (C=O) groups excluding carboxylic acids is 2. The molecule has 0 aliphatic carbocycles. The Balaban J connectivity index is 2.19. The van der Waals surface area contributed by atoms with Crippen molar-refractivity contribution in [1.82, 2.24) is 25.8 Å².